The second-order valence-electron chi connectivity index (χ2n) is 5.74. The van der Waals surface area contributed by atoms with Gasteiger partial charge in [-0.2, -0.15) is 0 Å². The summed E-state index contributed by atoms with van der Waals surface area (Å²) in [6, 6.07) is 2.85. The molecule has 24 heavy (non-hydrogen) atoms. The van der Waals surface area contributed by atoms with Crippen molar-refractivity contribution in [2.45, 2.75) is 19.3 Å². The van der Waals surface area contributed by atoms with Crippen molar-refractivity contribution in [1.82, 2.24) is 19.9 Å². The number of carbonyl (C=O) groups excluding carboxylic acids is 1. The second-order valence-corrected chi connectivity index (χ2v) is 6.09. The van der Waals surface area contributed by atoms with Crippen LogP contribution in [-0.4, -0.2) is 39.0 Å². The highest BCUT2D eigenvalue weighted by Crippen LogP contribution is 2.25. The Morgan fingerprint density at radius 2 is 2.17 bits per heavy atom. The Morgan fingerprint density at radius 3 is 2.88 bits per heavy atom. The van der Waals surface area contributed by atoms with Gasteiger partial charge in [-0.05, 0) is 25.0 Å². The minimum Gasteiger partial charge on any atom is -0.324 e. The predicted octanol–water partition coefficient (Wildman–Crippen LogP) is 1.44. The van der Waals surface area contributed by atoms with Gasteiger partial charge in [-0.15, -0.1) is 0 Å². The van der Waals surface area contributed by atoms with Gasteiger partial charge in [0.1, 0.15) is 5.15 Å². The van der Waals surface area contributed by atoms with Crippen LogP contribution in [0.1, 0.15) is 23.6 Å². The van der Waals surface area contributed by atoms with Gasteiger partial charge in [-0.1, -0.05) is 11.6 Å². The maximum Gasteiger partial charge on any atom is 0.325 e. The molecule has 1 saturated heterocycles. The van der Waals surface area contributed by atoms with Crippen molar-refractivity contribution >= 4 is 23.3 Å². The van der Waals surface area contributed by atoms with Crippen molar-refractivity contribution in [1.29, 1.82) is 0 Å². The van der Waals surface area contributed by atoms with Gasteiger partial charge in [-0.3, -0.25) is 9.78 Å². The van der Waals surface area contributed by atoms with Crippen LogP contribution in [0.4, 0.5) is 10.5 Å². The largest absolute Gasteiger partial charge is 0.325 e. The number of carbonyl (C=O) groups is 1. The summed E-state index contributed by atoms with van der Waals surface area (Å²) in [4.78, 5) is 45.5. The number of aromatic nitrogens is 3. The lowest BCUT2D eigenvalue weighted by molar-refractivity contribution is 0.222. The number of pyridine rings is 1. The fourth-order valence-corrected chi connectivity index (χ4v) is 2.84. The van der Waals surface area contributed by atoms with E-state index in [4.69, 9.17) is 11.6 Å². The van der Waals surface area contributed by atoms with E-state index in [1.54, 1.807) is 17.9 Å². The first-order valence-corrected chi connectivity index (χ1v) is 7.82. The maximum absolute atomic E-state index is 12.3. The maximum atomic E-state index is 12.3. The molecule has 3 rings (SSSR count). The monoisotopic (exact) mass is 349 g/mol. The molecule has 3 heterocycles. The average Bonchev–Trinajstić information content (AvgIpc) is 3.00. The lowest BCUT2D eigenvalue weighted by Crippen LogP contribution is -2.33. The van der Waals surface area contributed by atoms with Crippen LogP contribution < -0.4 is 16.6 Å². The van der Waals surface area contributed by atoms with E-state index in [0.29, 0.717) is 36.0 Å². The number of amides is 2. The van der Waals surface area contributed by atoms with Crippen molar-refractivity contribution in [2.75, 3.05) is 18.4 Å². The summed E-state index contributed by atoms with van der Waals surface area (Å²) in [5.41, 5.74) is 0.898. The molecule has 9 heteroatoms. The van der Waals surface area contributed by atoms with E-state index in [2.05, 4.69) is 20.3 Å². The number of nitrogens with zero attached hydrogens (tertiary/aromatic N) is 2. The van der Waals surface area contributed by atoms with E-state index in [0.717, 1.165) is 5.56 Å². The average molecular weight is 350 g/mol. The minimum atomic E-state index is -0.539. The van der Waals surface area contributed by atoms with E-state index >= 15 is 0 Å². The molecule has 3 N–H and O–H groups in total. The van der Waals surface area contributed by atoms with Gasteiger partial charge < -0.3 is 15.2 Å². The van der Waals surface area contributed by atoms with Crippen LogP contribution in [0.2, 0.25) is 5.15 Å². The van der Waals surface area contributed by atoms with Crippen molar-refractivity contribution in [3.05, 3.63) is 55.6 Å². The van der Waals surface area contributed by atoms with Crippen LogP contribution >= 0.6 is 11.6 Å². The van der Waals surface area contributed by atoms with Crippen LogP contribution in [0, 0.1) is 6.92 Å². The first-order chi connectivity index (χ1) is 11.4. The summed E-state index contributed by atoms with van der Waals surface area (Å²) < 4.78 is 0. The lowest BCUT2D eigenvalue weighted by Gasteiger charge is -2.17. The van der Waals surface area contributed by atoms with Gasteiger partial charge in [0.2, 0.25) is 0 Å². The highest BCUT2D eigenvalue weighted by atomic mass is 35.5. The number of hydrogen-bond acceptors (Lipinski definition) is 4. The number of aryl methyl sites for hydroxylation is 1. The van der Waals surface area contributed by atoms with E-state index in [1.807, 2.05) is 0 Å². The van der Waals surface area contributed by atoms with Gasteiger partial charge in [-0.25, -0.2) is 14.6 Å². The van der Waals surface area contributed by atoms with Crippen molar-refractivity contribution in [3.8, 4) is 0 Å². The van der Waals surface area contributed by atoms with Crippen molar-refractivity contribution in [3.63, 3.8) is 0 Å². The summed E-state index contributed by atoms with van der Waals surface area (Å²) in [5, 5.41) is 3.17. The smallest absolute Gasteiger partial charge is 0.324 e. The topological polar surface area (TPSA) is 111 Å². The number of likely N-dealkylation sites (tertiary alicyclic amines) is 1. The first kappa shape index (κ1) is 16.3. The highest BCUT2D eigenvalue weighted by molar-refractivity contribution is 6.30. The molecule has 0 radical (unpaired) electrons. The Labute approximate surface area is 141 Å². The van der Waals surface area contributed by atoms with Crippen LogP contribution in [0.25, 0.3) is 0 Å². The van der Waals surface area contributed by atoms with Crippen LogP contribution in [-0.2, 0) is 0 Å². The van der Waals surface area contributed by atoms with Gasteiger partial charge >= 0.3 is 11.7 Å². The highest BCUT2D eigenvalue weighted by Gasteiger charge is 2.28. The number of nitrogens with one attached hydrogen (secondary N) is 3. The molecule has 1 aliphatic heterocycles. The summed E-state index contributed by atoms with van der Waals surface area (Å²) in [6.07, 6.45) is 2.17. The third kappa shape index (κ3) is 3.48. The quantitative estimate of drug-likeness (QED) is 0.712. The number of urea groups is 1. The second kappa shape index (κ2) is 6.48. The van der Waals surface area contributed by atoms with Crippen LogP contribution in [0.15, 0.2) is 27.9 Å². The number of halogens is 1. The summed E-state index contributed by atoms with van der Waals surface area (Å²) in [5.74, 6) is -0.0733. The normalized spacial score (nSPS) is 17.1. The molecule has 1 atom stereocenters. The summed E-state index contributed by atoms with van der Waals surface area (Å²) in [7, 11) is 0. The third-order valence-electron chi connectivity index (χ3n) is 3.96. The fraction of sp³-hybridized carbons (Fsp3) is 0.333. The van der Waals surface area contributed by atoms with Crippen LogP contribution in [0.3, 0.4) is 0 Å². The van der Waals surface area contributed by atoms with Crippen molar-refractivity contribution < 1.29 is 4.79 Å². The molecule has 0 saturated carbocycles. The molecule has 1 aliphatic rings. The third-order valence-corrected chi connectivity index (χ3v) is 4.36. The number of rotatable bonds is 2. The Balaban J connectivity index is 1.68. The molecule has 1 unspecified atom stereocenters. The van der Waals surface area contributed by atoms with Gasteiger partial charge in [0.15, 0.2) is 0 Å². The number of aromatic amines is 2. The molecular weight excluding hydrogens is 334 g/mol. The lowest BCUT2D eigenvalue weighted by atomic mass is 10.1. The van der Waals surface area contributed by atoms with Crippen LogP contribution in [0.5, 0.6) is 0 Å². The standard InChI is InChI=1S/C15H16ClN5O3/c1-8-4-10(6-17-13(8)16)18-15(24)21-3-2-9(7-21)11-5-12(22)20-14(23)19-11/h4-6,9H,2-3,7H2,1H3,(H,18,24)(H2,19,20,22,23). The Kier molecular flexibility index (Phi) is 4.39. The molecule has 1 fully saturated rings. The molecule has 126 valence electrons. The molecular formula is C15H16ClN5O3. The summed E-state index contributed by atoms with van der Waals surface area (Å²) >= 11 is 5.87. The molecule has 0 bridgehead atoms. The Morgan fingerprint density at radius 1 is 1.38 bits per heavy atom. The molecule has 2 aromatic rings. The zero-order valence-corrected chi connectivity index (χ0v) is 13.7. The fourth-order valence-electron chi connectivity index (χ4n) is 2.74. The van der Waals surface area contributed by atoms with E-state index < -0.39 is 11.2 Å². The van der Waals surface area contributed by atoms with E-state index in [9.17, 15) is 14.4 Å². The molecule has 0 aromatic carbocycles. The minimum absolute atomic E-state index is 0.0733. The predicted molar refractivity (Wildman–Crippen MR) is 89.6 cm³/mol. The molecule has 0 spiro atoms. The molecule has 0 aliphatic carbocycles. The molecule has 8 nitrogen and oxygen atoms in total. The Hall–Kier alpha value is -2.61. The molecule has 2 aromatic heterocycles. The zero-order chi connectivity index (χ0) is 17.3. The van der Waals surface area contributed by atoms with E-state index in [1.165, 1.54) is 12.3 Å². The first-order valence-electron chi connectivity index (χ1n) is 7.44. The van der Waals surface area contributed by atoms with Crippen molar-refractivity contribution in [2.24, 2.45) is 0 Å². The molecule has 2 amide bonds. The number of H-pyrrole nitrogens is 2. The number of hydrogen-bond donors (Lipinski definition) is 3. The van der Waals surface area contributed by atoms with Gasteiger partial charge in [0.25, 0.3) is 5.56 Å². The van der Waals surface area contributed by atoms with E-state index in [-0.39, 0.29) is 11.9 Å². The summed E-state index contributed by atoms with van der Waals surface area (Å²) in [6.45, 7) is 2.76. The van der Waals surface area contributed by atoms with Gasteiger partial charge in [0.05, 0.1) is 11.9 Å². The zero-order valence-electron chi connectivity index (χ0n) is 12.9. The SMILES string of the molecule is Cc1cc(NC(=O)N2CCC(c3cc(=O)[nH]c(=O)[nH]3)C2)cnc1Cl. The Bertz CT molecular complexity index is 863. The number of anilines is 1. The van der Waals surface area contributed by atoms with Gasteiger partial charge in [0, 0.05) is 30.8 Å².